The number of ether oxygens (including phenoxy) is 1. The molecule has 0 aromatic carbocycles. The molecule has 1 heterocycles. The molecule has 0 aliphatic carbocycles. The Morgan fingerprint density at radius 3 is 2.15 bits per heavy atom. The van der Waals surface area contributed by atoms with Crippen LogP contribution in [0.25, 0.3) is 0 Å². The van der Waals surface area contributed by atoms with Crippen LogP contribution in [0, 0.1) is 5.92 Å². The lowest BCUT2D eigenvalue weighted by Crippen LogP contribution is -2.45. The Kier molecular flexibility index (Phi) is 3.60. The highest BCUT2D eigenvalue weighted by Crippen LogP contribution is 2.18. The van der Waals surface area contributed by atoms with E-state index in [1.165, 1.54) is 0 Å². The molecular formula is C7H14O6. The van der Waals surface area contributed by atoms with Gasteiger partial charge in [0.15, 0.2) is 6.29 Å². The molecule has 1 aliphatic heterocycles. The van der Waals surface area contributed by atoms with E-state index >= 15 is 0 Å². The molecule has 13 heavy (non-hydrogen) atoms. The maximum atomic E-state index is 9.34. The Labute approximate surface area is 75.0 Å². The molecule has 5 N–H and O–H groups in total. The third-order valence-corrected chi connectivity index (χ3v) is 2.19. The Morgan fingerprint density at radius 2 is 1.62 bits per heavy atom. The van der Waals surface area contributed by atoms with Crippen LogP contribution in [0.15, 0.2) is 0 Å². The summed E-state index contributed by atoms with van der Waals surface area (Å²) in [6, 6.07) is 0. The number of aliphatic hydroxyl groups excluding tert-OH is 5. The summed E-state index contributed by atoms with van der Waals surface area (Å²) in [6.45, 7) is -0.482. The molecule has 6 heteroatoms. The minimum atomic E-state index is -1.55. The van der Waals surface area contributed by atoms with E-state index in [9.17, 15) is 10.2 Å². The van der Waals surface area contributed by atoms with Gasteiger partial charge in [-0.25, -0.2) is 0 Å². The van der Waals surface area contributed by atoms with Gasteiger partial charge in [-0.1, -0.05) is 0 Å². The van der Waals surface area contributed by atoms with Crippen LogP contribution in [-0.4, -0.2) is 63.3 Å². The summed E-state index contributed by atoms with van der Waals surface area (Å²) in [4.78, 5) is 0. The highest BCUT2D eigenvalue weighted by molar-refractivity contribution is 4.85. The van der Waals surface area contributed by atoms with Gasteiger partial charge in [0.25, 0.3) is 0 Å². The summed E-state index contributed by atoms with van der Waals surface area (Å²) < 4.78 is 4.68. The lowest BCUT2D eigenvalue weighted by atomic mass is 9.97. The van der Waals surface area contributed by atoms with Crippen molar-refractivity contribution in [2.45, 2.75) is 24.6 Å². The van der Waals surface area contributed by atoms with E-state index in [0.29, 0.717) is 0 Å². The maximum absolute atomic E-state index is 9.34. The molecule has 78 valence electrons. The first-order valence-corrected chi connectivity index (χ1v) is 4.02. The average Bonchev–Trinajstić information content (AvgIpc) is 2.22. The molecule has 0 spiro atoms. The monoisotopic (exact) mass is 194 g/mol. The lowest BCUT2D eigenvalue weighted by molar-refractivity contribution is -0.180. The van der Waals surface area contributed by atoms with Crippen molar-refractivity contribution < 1.29 is 30.3 Å². The summed E-state index contributed by atoms with van der Waals surface area (Å²) >= 11 is 0. The quantitative estimate of drug-likeness (QED) is 0.305. The fourth-order valence-electron chi connectivity index (χ4n) is 1.23. The molecule has 1 rings (SSSR count). The summed E-state index contributed by atoms with van der Waals surface area (Å²) in [5, 5.41) is 45.5. The van der Waals surface area contributed by atoms with E-state index in [4.69, 9.17) is 15.3 Å². The van der Waals surface area contributed by atoms with Crippen LogP contribution in [0.4, 0.5) is 0 Å². The predicted molar refractivity (Wildman–Crippen MR) is 40.6 cm³/mol. The first kappa shape index (κ1) is 10.8. The van der Waals surface area contributed by atoms with Crippen LogP contribution in [-0.2, 0) is 4.74 Å². The fourth-order valence-corrected chi connectivity index (χ4v) is 1.23. The van der Waals surface area contributed by atoms with Crippen molar-refractivity contribution in [2.24, 2.45) is 5.92 Å². The molecular weight excluding hydrogens is 180 g/mol. The first-order valence-electron chi connectivity index (χ1n) is 4.02. The van der Waals surface area contributed by atoms with Crippen LogP contribution in [0.3, 0.4) is 0 Å². The molecule has 1 saturated heterocycles. The highest BCUT2D eigenvalue weighted by atomic mass is 16.6. The molecule has 0 amide bonds. The zero-order chi connectivity index (χ0) is 10.0. The molecule has 1 aliphatic rings. The summed E-state index contributed by atoms with van der Waals surface area (Å²) in [6.07, 6.45) is -5.88. The Bertz CT molecular complexity index is 161. The van der Waals surface area contributed by atoms with Crippen LogP contribution in [0.5, 0.6) is 0 Å². The van der Waals surface area contributed by atoms with E-state index in [0.717, 1.165) is 0 Å². The van der Waals surface area contributed by atoms with E-state index in [-0.39, 0.29) is 13.2 Å². The Morgan fingerprint density at radius 1 is 1.00 bits per heavy atom. The van der Waals surface area contributed by atoms with E-state index < -0.39 is 30.5 Å². The second-order valence-corrected chi connectivity index (χ2v) is 3.14. The normalized spacial score (nSPS) is 47.3. The summed E-state index contributed by atoms with van der Waals surface area (Å²) in [7, 11) is 0. The third kappa shape index (κ3) is 2.16. The fraction of sp³-hybridized carbons (Fsp3) is 1.00. The summed E-state index contributed by atoms with van der Waals surface area (Å²) in [5.41, 5.74) is 0. The van der Waals surface area contributed by atoms with Gasteiger partial charge in [-0.2, -0.15) is 0 Å². The van der Waals surface area contributed by atoms with Crippen molar-refractivity contribution in [1.82, 2.24) is 0 Å². The SMILES string of the molecule is OCC1COC(O)C(O)C(O)C1O. The van der Waals surface area contributed by atoms with Gasteiger partial charge in [-0.3, -0.25) is 0 Å². The van der Waals surface area contributed by atoms with Crippen molar-refractivity contribution in [3.63, 3.8) is 0 Å². The van der Waals surface area contributed by atoms with Crippen LogP contribution in [0.2, 0.25) is 0 Å². The van der Waals surface area contributed by atoms with Gasteiger partial charge in [-0.05, 0) is 0 Å². The van der Waals surface area contributed by atoms with Gasteiger partial charge < -0.3 is 30.3 Å². The smallest absolute Gasteiger partial charge is 0.183 e. The highest BCUT2D eigenvalue weighted by Gasteiger charge is 2.38. The van der Waals surface area contributed by atoms with E-state index in [2.05, 4.69) is 4.74 Å². The standard InChI is InChI=1S/C7H14O6/c8-1-3-2-13-7(12)6(11)5(10)4(3)9/h3-12H,1-2H2. The van der Waals surface area contributed by atoms with Gasteiger partial charge in [0.05, 0.1) is 19.3 Å². The maximum Gasteiger partial charge on any atom is 0.183 e. The van der Waals surface area contributed by atoms with Crippen LogP contribution >= 0.6 is 0 Å². The number of hydrogen-bond acceptors (Lipinski definition) is 6. The molecule has 5 atom stereocenters. The van der Waals surface area contributed by atoms with E-state index in [1.54, 1.807) is 0 Å². The van der Waals surface area contributed by atoms with Crippen LogP contribution in [0.1, 0.15) is 0 Å². The predicted octanol–water partition coefficient (Wildman–Crippen LogP) is -2.97. The zero-order valence-corrected chi connectivity index (χ0v) is 6.95. The molecule has 5 unspecified atom stereocenters. The van der Waals surface area contributed by atoms with Crippen molar-refractivity contribution >= 4 is 0 Å². The molecule has 0 aromatic rings. The van der Waals surface area contributed by atoms with Gasteiger partial charge in [0, 0.05) is 5.92 Å². The minimum Gasteiger partial charge on any atom is -0.396 e. The topological polar surface area (TPSA) is 110 Å². The number of hydrogen-bond donors (Lipinski definition) is 5. The van der Waals surface area contributed by atoms with Crippen molar-refractivity contribution in [3.8, 4) is 0 Å². The average molecular weight is 194 g/mol. The number of aliphatic hydroxyl groups is 5. The summed E-state index contributed by atoms with van der Waals surface area (Å²) in [5.74, 6) is -0.693. The minimum absolute atomic E-state index is 0.104. The second kappa shape index (κ2) is 4.32. The molecule has 1 fully saturated rings. The van der Waals surface area contributed by atoms with Crippen LogP contribution < -0.4 is 0 Å². The number of rotatable bonds is 1. The van der Waals surface area contributed by atoms with Gasteiger partial charge >= 0.3 is 0 Å². The molecule has 0 aromatic heterocycles. The Balaban J connectivity index is 2.69. The van der Waals surface area contributed by atoms with Crippen molar-refractivity contribution in [2.75, 3.05) is 13.2 Å². The second-order valence-electron chi connectivity index (χ2n) is 3.14. The van der Waals surface area contributed by atoms with Gasteiger partial charge in [-0.15, -0.1) is 0 Å². The molecule has 6 nitrogen and oxygen atoms in total. The Hall–Kier alpha value is -0.240. The van der Waals surface area contributed by atoms with Crippen molar-refractivity contribution in [3.05, 3.63) is 0 Å². The zero-order valence-electron chi connectivity index (χ0n) is 6.95. The largest absolute Gasteiger partial charge is 0.396 e. The first-order chi connectivity index (χ1) is 6.07. The van der Waals surface area contributed by atoms with E-state index in [1.807, 2.05) is 0 Å². The molecule has 0 bridgehead atoms. The third-order valence-electron chi connectivity index (χ3n) is 2.19. The van der Waals surface area contributed by atoms with Gasteiger partial charge in [0.1, 0.15) is 12.2 Å². The lowest BCUT2D eigenvalue weighted by Gasteiger charge is -2.23. The molecule has 0 radical (unpaired) electrons. The van der Waals surface area contributed by atoms with Crippen molar-refractivity contribution in [1.29, 1.82) is 0 Å². The molecule has 0 saturated carbocycles. The van der Waals surface area contributed by atoms with Gasteiger partial charge in [0.2, 0.25) is 0 Å².